The van der Waals surface area contributed by atoms with E-state index in [2.05, 4.69) is 25.3 Å². The molecule has 6 rings (SSSR count). The van der Waals surface area contributed by atoms with E-state index in [1.54, 1.807) is 40.3 Å². The van der Waals surface area contributed by atoms with Gasteiger partial charge in [0.05, 0.1) is 43.0 Å². The van der Waals surface area contributed by atoms with Crippen molar-refractivity contribution in [3.05, 3.63) is 72.1 Å². The summed E-state index contributed by atoms with van der Waals surface area (Å²) in [4.78, 5) is 56.9. The van der Waals surface area contributed by atoms with Gasteiger partial charge < -0.3 is 29.7 Å². The summed E-state index contributed by atoms with van der Waals surface area (Å²) in [5.74, 6) is -0.359. The first-order valence-electron chi connectivity index (χ1n) is 17.6. The number of alkyl carbamates (subject to hydrolysis) is 1. The molecule has 0 unspecified atom stereocenters. The normalized spacial score (nSPS) is 18.2. The lowest BCUT2D eigenvalue weighted by molar-refractivity contribution is -0.135. The lowest BCUT2D eigenvalue weighted by atomic mass is 10.00. The van der Waals surface area contributed by atoms with Crippen LogP contribution in [-0.2, 0) is 14.3 Å². The summed E-state index contributed by atoms with van der Waals surface area (Å²) in [6.07, 6.45) is 4.92. The van der Waals surface area contributed by atoms with E-state index in [9.17, 15) is 14.4 Å². The molecule has 2 fully saturated rings. The van der Waals surface area contributed by atoms with Gasteiger partial charge in [0.1, 0.15) is 34.9 Å². The van der Waals surface area contributed by atoms with Crippen LogP contribution >= 0.6 is 0 Å². The van der Waals surface area contributed by atoms with Crippen LogP contribution in [0, 0.1) is 17.6 Å². The van der Waals surface area contributed by atoms with Crippen LogP contribution in [0.1, 0.15) is 84.0 Å². The maximum atomic E-state index is 15.6. The highest BCUT2D eigenvalue weighted by atomic mass is 19.1. The van der Waals surface area contributed by atoms with Gasteiger partial charge in [-0.1, -0.05) is 26.0 Å². The van der Waals surface area contributed by atoms with Crippen molar-refractivity contribution in [2.45, 2.75) is 84.0 Å². The highest BCUT2D eigenvalue weighted by Crippen LogP contribution is 2.36. The number of hydrogen-bond donors (Lipinski definition) is 3. The van der Waals surface area contributed by atoms with E-state index >= 15 is 8.78 Å². The number of carbonyl (C=O) groups is 3. The Hall–Kier alpha value is -5.27. The first-order chi connectivity index (χ1) is 24.7. The number of H-pyrrole nitrogens is 2. The second-order valence-corrected chi connectivity index (χ2v) is 14.6. The van der Waals surface area contributed by atoms with Crippen molar-refractivity contribution in [3.8, 4) is 33.6 Å². The number of ether oxygens (including phenoxy) is 2. The van der Waals surface area contributed by atoms with Crippen molar-refractivity contribution >= 4 is 18.1 Å². The summed E-state index contributed by atoms with van der Waals surface area (Å²) in [7, 11) is 1.25. The Balaban J connectivity index is 1.16. The van der Waals surface area contributed by atoms with Gasteiger partial charge in [0, 0.05) is 24.2 Å². The zero-order chi connectivity index (χ0) is 37.3. The van der Waals surface area contributed by atoms with Crippen molar-refractivity contribution < 1.29 is 32.6 Å². The largest absolute Gasteiger partial charge is 0.453 e. The molecule has 4 heterocycles. The predicted octanol–water partition coefficient (Wildman–Crippen LogP) is 7.53. The van der Waals surface area contributed by atoms with Crippen LogP contribution in [-0.4, -0.2) is 79.7 Å². The van der Waals surface area contributed by atoms with Gasteiger partial charge in [0.2, 0.25) is 5.91 Å². The third kappa shape index (κ3) is 7.65. The molecule has 276 valence electrons. The molecule has 3 amide bonds. The molecule has 52 heavy (non-hydrogen) atoms. The Morgan fingerprint density at radius 1 is 0.846 bits per heavy atom. The Morgan fingerprint density at radius 2 is 1.35 bits per heavy atom. The maximum Gasteiger partial charge on any atom is 0.410 e. The van der Waals surface area contributed by atoms with Gasteiger partial charge in [-0.15, -0.1) is 0 Å². The summed E-state index contributed by atoms with van der Waals surface area (Å²) in [5.41, 5.74) is 1.84. The SMILES string of the molecule is COC(=O)N[C@H](C(=O)N1CCC[C@H]1c1ncc(-c2ccc(-c3ccc(-c4cnc([C@@H]5CCCN5C(=O)OC(C)(C)C)[nH]4)c(F)c3)cc2F)[nH]1)C(C)C. The van der Waals surface area contributed by atoms with Crippen LogP contribution in [0.4, 0.5) is 18.4 Å². The van der Waals surface area contributed by atoms with E-state index in [1.165, 1.54) is 25.4 Å². The molecule has 3 atom stereocenters. The number of methoxy groups -OCH3 is 1. The maximum absolute atomic E-state index is 15.6. The van der Waals surface area contributed by atoms with Gasteiger partial charge >= 0.3 is 12.2 Å². The zero-order valence-electron chi connectivity index (χ0n) is 30.3. The van der Waals surface area contributed by atoms with Gasteiger partial charge in [-0.25, -0.2) is 28.3 Å². The first-order valence-corrected chi connectivity index (χ1v) is 17.6. The molecule has 2 aromatic carbocycles. The molecule has 0 aliphatic carbocycles. The molecule has 14 heteroatoms. The monoisotopic (exact) mass is 717 g/mol. The standard InChI is InChI=1S/C38H45F2N7O5/c1-21(2)32(45-36(49)51-6)35(48)46-15-7-9-30(46)33-41-19-28(43-33)24-13-11-22(17-26(24)39)23-12-14-25(27(40)18-23)29-20-42-34(44-29)31-10-8-16-47(31)37(50)52-38(3,4)5/h11-14,17-21,30-32H,7-10,15-16H2,1-6H3,(H,41,43)(H,42,44)(H,45,49)/t30-,31-,32-/m0/s1. The lowest BCUT2D eigenvalue weighted by Gasteiger charge is -2.30. The average molecular weight is 718 g/mol. The summed E-state index contributed by atoms with van der Waals surface area (Å²) in [6, 6.07) is 7.93. The second kappa shape index (κ2) is 14.8. The van der Waals surface area contributed by atoms with Crippen molar-refractivity contribution in [1.82, 2.24) is 35.1 Å². The molecule has 0 bridgehead atoms. The van der Waals surface area contributed by atoms with E-state index in [4.69, 9.17) is 9.47 Å². The Labute approximate surface area is 301 Å². The summed E-state index contributed by atoms with van der Waals surface area (Å²) in [5, 5.41) is 2.63. The predicted molar refractivity (Wildman–Crippen MR) is 190 cm³/mol. The molecule has 0 saturated carbocycles. The van der Waals surface area contributed by atoms with Gasteiger partial charge in [0.25, 0.3) is 0 Å². The first kappa shape index (κ1) is 36.5. The van der Waals surface area contributed by atoms with E-state index < -0.39 is 35.5 Å². The Bertz CT molecular complexity index is 1950. The van der Waals surface area contributed by atoms with Crippen molar-refractivity contribution in [2.24, 2.45) is 5.92 Å². The number of imidazole rings is 2. The second-order valence-electron chi connectivity index (χ2n) is 14.6. The molecular formula is C38H45F2N7O5. The van der Waals surface area contributed by atoms with E-state index in [-0.39, 0.29) is 29.5 Å². The molecule has 2 saturated heterocycles. The minimum absolute atomic E-state index is 0.170. The molecule has 3 N–H and O–H groups in total. The third-order valence-electron chi connectivity index (χ3n) is 9.48. The number of hydrogen-bond acceptors (Lipinski definition) is 7. The molecule has 0 spiro atoms. The van der Waals surface area contributed by atoms with Crippen LogP contribution in [0.5, 0.6) is 0 Å². The third-order valence-corrected chi connectivity index (χ3v) is 9.48. The molecule has 2 aliphatic rings. The number of benzene rings is 2. The number of nitrogens with one attached hydrogen (secondary N) is 3. The lowest BCUT2D eigenvalue weighted by Crippen LogP contribution is -2.51. The minimum Gasteiger partial charge on any atom is -0.453 e. The van der Waals surface area contributed by atoms with E-state index in [1.807, 2.05) is 34.6 Å². The van der Waals surface area contributed by atoms with E-state index in [0.717, 1.165) is 12.8 Å². The summed E-state index contributed by atoms with van der Waals surface area (Å²) in [6.45, 7) is 10.2. The van der Waals surface area contributed by atoms with Crippen molar-refractivity contribution in [1.29, 1.82) is 0 Å². The number of amides is 3. The number of likely N-dealkylation sites (tertiary alicyclic amines) is 2. The highest BCUT2D eigenvalue weighted by molar-refractivity contribution is 5.86. The molecule has 12 nitrogen and oxygen atoms in total. The number of rotatable bonds is 8. The average Bonchev–Trinajstić information content (AvgIpc) is 3.92. The topological polar surface area (TPSA) is 146 Å². The molecule has 2 aromatic heterocycles. The van der Waals surface area contributed by atoms with Crippen LogP contribution < -0.4 is 5.32 Å². The summed E-state index contributed by atoms with van der Waals surface area (Å²) < 4.78 is 41.5. The van der Waals surface area contributed by atoms with Gasteiger partial charge in [-0.05, 0) is 87.8 Å². The summed E-state index contributed by atoms with van der Waals surface area (Å²) >= 11 is 0. The van der Waals surface area contributed by atoms with Crippen LogP contribution in [0.3, 0.4) is 0 Å². The molecule has 0 radical (unpaired) electrons. The van der Waals surface area contributed by atoms with Crippen LogP contribution in [0.25, 0.3) is 33.6 Å². The van der Waals surface area contributed by atoms with Crippen molar-refractivity contribution in [3.63, 3.8) is 0 Å². The fourth-order valence-corrected chi connectivity index (χ4v) is 6.89. The number of aromatic nitrogens is 4. The number of carbonyl (C=O) groups excluding carboxylic acids is 3. The van der Waals surface area contributed by atoms with Crippen LogP contribution in [0.15, 0.2) is 48.8 Å². The number of aromatic amines is 2. The minimum atomic E-state index is -0.767. The number of nitrogens with zero attached hydrogens (tertiary/aromatic N) is 4. The molecular weight excluding hydrogens is 672 g/mol. The fraction of sp³-hybridized carbons (Fsp3) is 0.447. The van der Waals surface area contributed by atoms with Crippen LogP contribution in [0.2, 0.25) is 0 Å². The highest BCUT2D eigenvalue weighted by Gasteiger charge is 2.38. The Morgan fingerprint density at radius 3 is 1.81 bits per heavy atom. The van der Waals surface area contributed by atoms with E-state index in [0.29, 0.717) is 65.7 Å². The van der Waals surface area contributed by atoms with Gasteiger partial charge in [-0.2, -0.15) is 0 Å². The number of halogens is 2. The quantitative estimate of drug-likeness (QED) is 0.171. The van der Waals surface area contributed by atoms with Gasteiger partial charge in [0.15, 0.2) is 0 Å². The smallest absolute Gasteiger partial charge is 0.410 e. The molecule has 2 aliphatic heterocycles. The Kier molecular flexibility index (Phi) is 10.4. The fourth-order valence-electron chi connectivity index (χ4n) is 6.89. The zero-order valence-corrected chi connectivity index (χ0v) is 30.3. The van der Waals surface area contributed by atoms with Crippen molar-refractivity contribution in [2.75, 3.05) is 20.2 Å². The van der Waals surface area contributed by atoms with Gasteiger partial charge in [-0.3, -0.25) is 9.69 Å². The molecule has 4 aromatic rings.